The van der Waals surface area contributed by atoms with Crippen LogP contribution in [0.15, 0.2) is 54.7 Å². The summed E-state index contributed by atoms with van der Waals surface area (Å²) in [4.78, 5) is 18.7. The van der Waals surface area contributed by atoms with E-state index >= 15 is 0 Å². The van der Waals surface area contributed by atoms with E-state index < -0.39 is 0 Å². The Morgan fingerprint density at radius 1 is 1.21 bits per heavy atom. The molecule has 1 aliphatic heterocycles. The fourth-order valence-electron chi connectivity index (χ4n) is 3.38. The first kappa shape index (κ1) is 16.7. The third kappa shape index (κ3) is 4.20. The summed E-state index contributed by atoms with van der Waals surface area (Å²) >= 11 is 0. The highest BCUT2D eigenvalue weighted by atomic mass is 16.5. The van der Waals surface area contributed by atoms with Crippen LogP contribution in [0.5, 0.6) is 0 Å². The van der Waals surface area contributed by atoms with Gasteiger partial charge in [0, 0.05) is 32.1 Å². The van der Waals surface area contributed by atoms with E-state index in [1.807, 2.05) is 29.2 Å². The van der Waals surface area contributed by atoms with Gasteiger partial charge in [-0.25, -0.2) is 0 Å². The van der Waals surface area contributed by atoms with E-state index in [9.17, 15) is 4.79 Å². The number of rotatable bonds is 5. The van der Waals surface area contributed by atoms with Gasteiger partial charge in [0.05, 0.1) is 12.5 Å². The second kappa shape index (κ2) is 8.06. The Kier molecular flexibility index (Phi) is 5.59. The summed E-state index contributed by atoms with van der Waals surface area (Å²) in [5.74, 6) is 0.588. The Labute approximate surface area is 143 Å². The summed E-state index contributed by atoms with van der Waals surface area (Å²) in [6.07, 6.45) is 4.16. The van der Waals surface area contributed by atoms with Crippen LogP contribution in [0.3, 0.4) is 0 Å². The second-order valence-electron chi connectivity index (χ2n) is 6.35. The molecule has 1 aliphatic rings. The van der Waals surface area contributed by atoms with Crippen LogP contribution in [-0.2, 0) is 22.4 Å². The number of benzene rings is 1. The van der Waals surface area contributed by atoms with Crippen molar-refractivity contribution in [3.05, 3.63) is 66.0 Å². The topological polar surface area (TPSA) is 42.4 Å². The molecule has 0 unspecified atom stereocenters. The van der Waals surface area contributed by atoms with Crippen molar-refractivity contribution in [1.82, 2.24) is 9.88 Å². The van der Waals surface area contributed by atoms with Crippen molar-refractivity contribution in [1.29, 1.82) is 0 Å². The number of amides is 1. The monoisotopic (exact) mass is 324 g/mol. The molecule has 1 fully saturated rings. The smallest absolute Gasteiger partial charge is 0.228 e. The van der Waals surface area contributed by atoms with Gasteiger partial charge in [0.25, 0.3) is 0 Å². The average Bonchev–Trinajstić information content (AvgIpc) is 2.63. The number of aromatic nitrogens is 1. The van der Waals surface area contributed by atoms with Crippen LogP contribution in [0.4, 0.5) is 0 Å². The fraction of sp³-hybridized carbons (Fsp3) is 0.400. The summed E-state index contributed by atoms with van der Waals surface area (Å²) in [5.41, 5.74) is 2.15. The number of ether oxygens (including phenoxy) is 1. The van der Waals surface area contributed by atoms with Crippen molar-refractivity contribution in [3.8, 4) is 0 Å². The zero-order chi connectivity index (χ0) is 16.8. The summed E-state index contributed by atoms with van der Waals surface area (Å²) in [5, 5.41) is 0. The number of hydrogen-bond donors (Lipinski definition) is 0. The van der Waals surface area contributed by atoms with Crippen molar-refractivity contribution in [2.24, 2.45) is 5.92 Å². The van der Waals surface area contributed by atoms with E-state index in [4.69, 9.17) is 4.74 Å². The van der Waals surface area contributed by atoms with Gasteiger partial charge >= 0.3 is 0 Å². The first-order valence-electron chi connectivity index (χ1n) is 8.50. The van der Waals surface area contributed by atoms with Crippen molar-refractivity contribution >= 4 is 5.91 Å². The van der Waals surface area contributed by atoms with Gasteiger partial charge < -0.3 is 9.64 Å². The molecule has 2 aromatic rings. The molecule has 1 aromatic heterocycles. The third-order valence-corrected chi connectivity index (χ3v) is 4.75. The van der Waals surface area contributed by atoms with Gasteiger partial charge in [-0.15, -0.1) is 0 Å². The van der Waals surface area contributed by atoms with E-state index in [2.05, 4.69) is 29.2 Å². The SMILES string of the molecule is CO[C@H]1CN(C(=O)Cc2ccccn2)CC[C@@H]1Cc1ccccc1. The Bertz CT molecular complexity index is 645. The van der Waals surface area contributed by atoms with Crippen LogP contribution in [0.25, 0.3) is 0 Å². The Morgan fingerprint density at radius 2 is 2.00 bits per heavy atom. The number of carbonyl (C=O) groups is 1. The van der Waals surface area contributed by atoms with Gasteiger partial charge in [0.1, 0.15) is 0 Å². The second-order valence-corrected chi connectivity index (χ2v) is 6.35. The molecule has 2 atom stereocenters. The number of hydrogen-bond acceptors (Lipinski definition) is 3. The van der Waals surface area contributed by atoms with Crippen molar-refractivity contribution in [2.45, 2.75) is 25.4 Å². The van der Waals surface area contributed by atoms with Crippen LogP contribution in [-0.4, -0.2) is 42.1 Å². The molecular weight excluding hydrogens is 300 g/mol. The maximum atomic E-state index is 12.5. The summed E-state index contributed by atoms with van der Waals surface area (Å²) in [6.45, 7) is 1.46. The number of piperidine rings is 1. The Hall–Kier alpha value is -2.20. The van der Waals surface area contributed by atoms with Gasteiger partial charge in [-0.3, -0.25) is 9.78 Å². The molecule has 4 heteroatoms. The minimum Gasteiger partial charge on any atom is -0.379 e. The third-order valence-electron chi connectivity index (χ3n) is 4.75. The zero-order valence-corrected chi connectivity index (χ0v) is 14.1. The maximum Gasteiger partial charge on any atom is 0.228 e. The number of methoxy groups -OCH3 is 1. The van der Waals surface area contributed by atoms with Crippen molar-refractivity contribution in [2.75, 3.05) is 20.2 Å². The lowest BCUT2D eigenvalue weighted by Crippen LogP contribution is -2.48. The van der Waals surface area contributed by atoms with E-state index in [1.54, 1.807) is 13.3 Å². The van der Waals surface area contributed by atoms with Gasteiger partial charge in [-0.2, -0.15) is 0 Å². The highest BCUT2D eigenvalue weighted by Gasteiger charge is 2.31. The Balaban J connectivity index is 1.59. The van der Waals surface area contributed by atoms with Crippen LogP contribution >= 0.6 is 0 Å². The number of pyridine rings is 1. The predicted octanol–water partition coefficient (Wildman–Crippen LogP) is 2.73. The van der Waals surface area contributed by atoms with Crippen LogP contribution < -0.4 is 0 Å². The fourth-order valence-corrected chi connectivity index (χ4v) is 3.38. The number of nitrogens with zero attached hydrogens (tertiary/aromatic N) is 2. The van der Waals surface area contributed by atoms with Gasteiger partial charge in [-0.1, -0.05) is 36.4 Å². The van der Waals surface area contributed by atoms with Crippen LogP contribution in [0, 0.1) is 5.92 Å². The minimum atomic E-state index is 0.0895. The highest BCUT2D eigenvalue weighted by Crippen LogP contribution is 2.24. The Morgan fingerprint density at radius 3 is 2.71 bits per heavy atom. The maximum absolute atomic E-state index is 12.5. The first-order chi connectivity index (χ1) is 11.8. The van der Waals surface area contributed by atoms with Crippen LogP contribution in [0.1, 0.15) is 17.7 Å². The van der Waals surface area contributed by atoms with Crippen molar-refractivity contribution in [3.63, 3.8) is 0 Å². The lowest BCUT2D eigenvalue weighted by atomic mass is 9.87. The molecule has 0 N–H and O–H groups in total. The molecule has 1 saturated heterocycles. The molecular formula is C20H24N2O2. The molecule has 0 bridgehead atoms. The van der Waals surface area contributed by atoms with E-state index in [0.29, 0.717) is 18.9 Å². The molecule has 0 radical (unpaired) electrons. The molecule has 4 nitrogen and oxygen atoms in total. The highest BCUT2D eigenvalue weighted by molar-refractivity contribution is 5.78. The molecule has 2 heterocycles. The lowest BCUT2D eigenvalue weighted by molar-refractivity contribution is -0.135. The van der Waals surface area contributed by atoms with Crippen LogP contribution in [0.2, 0.25) is 0 Å². The lowest BCUT2D eigenvalue weighted by Gasteiger charge is -2.38. The minimum absolute atomic E-state index is 0.0895. The average molecular weight is 324 g/mol. The standard InChI is InChI=1S/C20H24N2O2/c1-24-19-15-22(20(23)14-18-9-5-6-11-21-18)12-10-17(19)13-16-7-3-2-4-8-16/h2-9,11,17,19H,10,12-15H2,1H3/t17-,19+/m1/s1. The van der Waals surface area contributed by atoms with E-state index in [1.165, 1.54) is 5.56 Å². The quantitative estimate of drug-likeness (QED) is 0.849. The molecule has 0 saturated carbocycles. The summed E-state index contributed by atoms with van der Waals surface area (Å²) in [7, 11) is 1.75. The first-order valence-corrected chi connectivity index (χ1v) is 8.50. The molecule has 24 heavy (non-hydrogen) atoms. The molecule has 1 amide bonds. The van der Waals surface area contributed by atoms with E-state index in [0.717, 1.165) is 25.1 Å². The largest absolute Gasteiger partial charge is 0.379 e. The molecule has 126 valence electrons. The predicted molar refractivity (Wildman–Crippen MR) is 93.6 cm³/mol. The molecule has 0 aliphatic carbocycles. The normalized spacial score (nSPS) is 20.8. The zero-order valence-electron chi connectivity index (χ0n) is 14.1. The molecule has 0 spiro atoms. The number of carbonyl (C=O) groups excluding carboxylic acids is 1. The molecule has 3 rings (SSSR count). The summed E-state index contributed by atoms with van der Waals surface area (Å²) < 4.78 is 5.70. The number of likely N-dealkylation sites (tertiary alicyclic amines) is 1. The van der Waals surface area contributed by atoms with Crippen molar-refractivity contribution < 1.29 is 9.53 Å². The van der Waals surface area contributed by atoms with Gasteiger partial charge in [0.15, 0.2) is 0 Å². The van der Waals surface area contributed by atoms with E-state index in [-0.39, 0.29) is 12.0 Å². The van der Waals surface area contributed by atoms with Gasteiger partial charge in [0.2, 0.25) is 5.91 Å². The summed E-state index contributed by atoms with van der Waals surface area (Å²) in [6, 6.07) is 16.2. The van der Waals surface area contributed by atoms with Gasteiger partial charge in [-0.05, 0) is 36.5 Å². The molecule has 1 aromatic carbocycles.